The van der Waals surface area contributed by atoms with Crippen molar-refractivity contribution >= 4 is 27.3 Å². The third kappa shape index (κ3) is 1.78. The lowest BCUT2D eigenvalue weighted by Crippen LogP contribution is -1.90. The van der Waals surface area contributed by atoms with E-state index in [9.17, 15) is 0 Å². The molecule has 0 unspecified atom stereocenters. The molecule has 2 N–H and O–H groups in total. The van der Waals surface area contributed by atoms with Crippen molar-refractivity contribution in [1.82, 2.24) is 14.6 Å². The van der Waals surface area contributed by atoms with Gasteiger partial charge in [0.25, 0.3) is 0 Å². The molecule has 4 nitrogen and oxygen atoms in total. The van der Waals surface area contributed by atoms with Crippen molar-refractivity contribution in [3.8, 4) is 11.4 Å². The van der Waals surface area contributed by atoms with Crippen molar-refractivity contribution in [2.24, 2.45) is 0 Å². The molecule has 1 aromatic carbocycles. The second kappa shape index (κ2) is 3.85. The number of anilines is 1. The van der Waals surface area contributed by atoms with Crippen molar-refractivity contribution in [3.05, 3.63) is 47.1 Å². The van der Waals surface area contributed by atoms with E-state index in [0.29, 0.717) is 0 Å². The summed E-state index contributed by atoms with van der Waals surface area (Å²) in [5, 5.41) is 8.31. The third-order valence-electron chi connectivity index (χ3n) is 2.52. The molecule has 0 saturated heterocycles. The normalized spacial score (nSPS) is 10.9. The lowest BCUT2D eigenvalue weighted by molar-refractivity contribution is 1.11. The zero-order chi connectivity index (χ0) is 11.8. The van der Waals surface area contributed by atoms with E-state index in [-0.39, 0.29) is 0 Å². The SMILES string of the molecule is Nc1cccc(-c2nnc3cc(Br)ccn23)c1. The summed E-state index contributed by atoms with van der Waals surface area (Å²) in [5.74, 6) is 0.791. The van der Waals surface area contributed by atoms with Gasteiger partial charge in [-0.15, -0.1) is 10.2 Å². The zero-order valence-electron chi connectivity index (χ0n) is 8.84. The maximum absolute atomic E-state index is 5.77. The van der Waals surface area contributed by atoms with Gasteiger partial charge < -0.3 is 5.73 Å². The predicted molar refractivity (Wildman–Crippen MR) is 70.5 cm³/mol. The predicted octanol–water partition coefficient (Wildman–Crippen LogP) is 2.74. The van der Waals surface area contributed by atoms with Gasteiger partial charge in [0.2, 0.25) is 0 Å². The summed E-state index contributed by atoms with van der Waals surface area (Å²) in [6.45, 7) is 0. The van der Waals surface area contributed by atoms with Crippen LogP contribution in [0.15, 0.2) is 47.1 Å². The summed E-state index contributed by atoms with van der Waals surface area (Å²) in [5.41, 5.74) is 8.25. The molecule has 84 valence electrons. The fourth-order valence-electron chi connectivity index (χ4n) is 1.74. The van der Waals surface area contributed by atoms with E-state index in [1.165, 1.54) is 0 Å². The number of halogens is 1. The lowest BCUT2D eigenvalue weighted by atomic mass is 10.2. The third-order valence-corrected chi connectivity index (χ3v) is 3.01. The second-order valence-electron chi connectivity index (χ2n) is 3.72. The van der Waals surface area contributed by atoms with Gasteiger partial charge in [-0.25, -0.2) is 0 Å². The number of pyridine rings is 1. The zero-order valence-corrected chi connectivity index (χ0v) is 10.4. The molecule has 0 aliphatic heterocycles. The van der Waals surface area contributed by atoms with Crippen LogP contribution in [0, 0.1) is 0 Å². The highest BCUT2D eigenvalue weighted by molar-refractivity contribution is 9.10. The molecular formula is C12H9BrN4. The number of benzene rings is 1. The van der Waals surface area contributed by atoms with Crippen molar-refractivity contribution in [1.29, 1.82) is 0 Å². The van der Waals surface area contributed by atoms with E-state index in [1.54, 1.807) is 0 Å². The van der Waals surface area contributed by atoms with E-state index in [4.69, 9.17) is 5.73 Å². The first kappa shape index (κ1) is 10.3. The van der Waals surface area contributed by atoms with E-state index in [2.05, 4.69) is 26.1 Å². The van der Waals surface area contributed by atoms with Crippen molar-refractivity contribution in [2.75, 3.05) is 5.73 Å². The molecule has 0 aliphatic rings. The molecular weight excluding hydrogens is 280 g/mol. The van der Waals surface area contributed by atoms with Crippen LogP contribution in [0.2, 0.25) is 0 Å². The van der Waals surface area contributed by atoms with Gasteiger partial charge in [-0.05, 0) is 24.3 Å². The monoisotopic (exact) mass is 288 g/mol. The topological polar surface area (TPSA) is 56.2 Å². The number of rotatable bonds is 1. The van der Waals surface area contributed by atoms with Gasteiger partial charge in [-0.1, -0.05) is 28.1 Å². The fraction of sp³-hybridized carbons (Fsp3) is 0. The van der Waals surface area contributed by atoms with Crippen molar-refractivity contribution < 1.29 is 0 Å². The molecule has 2 heterocycles. The van der Waals surface area contributed by atoms with E-state index in [1.807, 2.05) is 47.0 Å². The summed E-state index contributed by atoms with van der Waals surface area (Å²) >= 11 is 3.41. The Balaban J connectivity index is 2.24. The van der Waals surface area contributed by atoms with Gasteiger partial charge in [0.05, 0.1) is 0 Å². The van der Waals surface area contributed by atoms with E-state index >= 15 is 0 Å². The molecule has 0 spiro atoms. The molecule has 17 heavy (non-hydrogen) atoms. The van der Waals surface area contributed by atoms with Crippen LogP contribution in [0.4, 0.5) is 5.69 Å². The number of aromatic nitrogens is 3. The van der Waals surface area contributed by atoms with Crippen LogP contribution in [-0.2, 0) is 0 Å². The highest BCUT2D eigenvalue weighted by Gasteiger charge is 2.07. The summed E-state index contributed by atoms with van der Waals surface area (Å²) in [6.07, 6.45) is 1.93. The van der Waals surface area contributed by atoms with Crippen LogP contribution in [-0.4, -0.2) is 14.6 Å². The van der Waals surface area contributed by atoms with Crippen LogP contribution >= 0.6 is 15.9 Å². The van der Waals surface area contributed by atoms with Gasteiger partial charge in [0, 0.05) is 21.9 Å². The summed E-state index contributed by atoms with van der Waals surface area (Å²) in [4.78, 5) is 0. The van der Waals surface area contributed by atoms with Crippen molar-refractivity contribution in [2.45, 2.75) is 0 Å². The smallest absolute Gasteiger partial charge is 0.168 e. The van der Waals surface area contributed by atoms with Crippen LogP contribution in [0.3, 0.4) is 0 Å². The molecule has 5 heteroatoms. The number of hydrogen-bond donors (Lipinski definition) is 1. The fourth-order valence-corrected chi connectivity index (χ4v) is 2.06. The molecule has 0 atom stereocenters. The number of nitrogen functional groups attached to an aromatic ring is 1. The minimum atomic E-state index is 0.719. The average molecular weight is 289 g/mol. The Bertz CT molecular complexity index is 690. The number of fused-ring (bicyclic) bond motifs is 1. The number of hydrogen-bond acceptors (Lipinski definition) is 3. The molecule has 3 rings (SSSR count). The first-order valence-corrected chi connectivity index (χ1v) is 5.89. The van der Waals surface area contributed by atoms with Crippen LogP contribution in [0.25, 0.3) is 17.0 Å². The Kier molecular flexibility index (Phi) is 2.33. The molecule has 0 aliphatic carbocycles. The highest BCUT2D eigenvalue weighted by atomic mass is 79.9. The lowest BCUT2D eigenvalue weighted by Gasteiger charge is -2.01. The minimum absolute atomic E-state index is 0.719. The minimum Gasteiger partial charge on any atom is -0.399 e. The second-order valence-corrected chi connectivity index (χ2v) is 4.64. The molecule has 2 aromatic heterocycles. The van der Waals surface area contributed by atoms with Gasteiger partial charge in [0.15, 0.2) is 11.5 Å². The maximum atomic E-state index is 5.77. The number of nitrogens with zero attached hydrogens (tertiary/aromatic N) is 3. The molecule has 0 fully saturated rings. The van der Waals surface area contributed by atoms with Gasteiger partial charge in [0.1, 0.15) is 0 Å². The van der Waals surface area contributed by atoms with Gasteiger partial charge in [-0.2, -0.15) is 0 Å². The van der Waals surface area contributed by atoms with Crippen LogP contribution in [0.5, 0.6) is 0 Å². The molecule has 3 aromatic rings. The van der Waals surface area contributed by atoms with Gasteiger partial charge >= 0.3 is 0 Å². The van der Waals surface area contributed by atoms with E-state index in [0.717, 1.165) is 27.2 Å². The molecule has 0 bridgehead atoms. The largest absolute Gasteiger partial charge is 0.399 e. The quantitative estimate of drug-likeness (QED) is 0.701. The van der Waals surface area contributed by atoms with E-state index < -0.39 is 0 Å². The Morgan fingerprint density at radius 3 is 2.82 bits per heavy atom. The Hall–Kier alpha value is -1.88. The number of nitrogens with two attached hydrogens (primary N) is 1. The Morgan fingerprint density at radius 1 is 1.12 bits per heavy atom. The average Bonchev–Trinajstić information content (AvgIpc) is 2.71. The summed E-state index contributed by atoms with van der Waals surface area (Å²) in [7, 11) is 0. The summed E-state index contributed by atoms with van der Waals surface area (Å²) < 4.78 is 2.91. The first-order chi connectivity index (χ1) is 8.24. The summed E-state index contributed by atoms with van der Waals surface area (Å²) in [6, 6.07) is 11.5. The standard InChI is InChI=1S/C12H9BrN4/c13-9-4-5-17-11(7-9)15-16-12(17)8-2-1-3-10(14)6-8/h1-7H,14H2. The van der Waals surface area contributed by atoms with Crippen LogP contribution < -0.4 is 5.73 Å². The highest BCUT2D eigenvalue weighted by Crippen LogP contribution is 2.21. The molecule has 0 radical (unpaired) electrons. The maximum Gasteiger partial charge on any atom is 0.168 e. The van der Waals surface area contributed by atoms with Crippen LogP contribution in [0.1, 0.15) is 0 Å². The first-order valence-electron chi connectivity index (χ1n) is 5.10. The Labute approximate surface area is 106 Å². The van der Waals surface area contributed by atoms with Crippen molar-refractivity contribution in [3.63, 3.8) is 0 Å². The Morgan fingerprint density at radius 2 is 2.00 bits per heavy atom. The molecule has 0 amide bonds. The molecule has 0 saturated carbocycles. The van der Waals surface area contributed by atoms with Gasteiger partial charge in [-0.3, -0.25) is 4.40 Å².